The Morgan fingerprint density at radius 1 is 0.588 bits per heavy atom. The summed E-state index contributed by atoms with van der Waals surface area (Å²) in [5.41, 5.74) is 0.933. The first-order chi connectivity index (χ1) is 30.6. The highest BCUT2D eigenvalue weighted by molar-refractivity contribution is 6.26. The zero-order valence-electron chi connectivity index (χ0n) is 47.5. The molecule has 4 atom stereocenters. The van der Waals surface area contributed by atoms with Crippen molar-refractivity contribution in [3.8, 4) is 0 Å². The molecule has 2 saturated carbocycles. The third-order valence-electron chi connectivity index (χ3n) is 15.3. The number of ether oxygens (including phenoxy) is 2. The van der Waals surface area contributed by atoms with Gasteiger partial charge in [-0.1, -0.05) is 166 Å². The summed E-state index contributed by atoms with van der Waals surface area (Å²) in [5.74, 6) is -0.0576. The standard InChI is InChI=1S/C58H96N4O6/c1-31(2)41-39(59-47(60-51(65)57(19,20)21)43(41)49(63)67-45-35(53(7,8)9)26-33(5)27-36(45)54(10,11)12)30-40-42(32(3)4)44(48(62(40)25)61-52(66)58(22,23)24)50(64)68-46-37(55(13,14)15)28-34(6)29-38(46)56(16,17)18/h30-38,45-46H,26-29H2,1-25H3,(H,61,66)(H,59,60,65)/b39-30-. The maximum absolute atomic E-state index is 15.4. The van der Waals surface area contributed by atoms with Crippen LogP contribution in [0.25, 0.3) is 6.08 Å². The second kappa shape index (κ2) is 19.8. The number of esters is 2. The Hall–Kier alpha value is -3.69. The van der Waals surface area contributed by atoms with Crippen LogP contribution in [0.1, 0.15) is 219 Å². The van der Waals surface area contributed by atoms with Gasteiger partial charge in [0.25, 0.3) is 0 Å². The topological polar surface area (TPSA) is 128 Å². The number of aliphatic imine (C=N–C) groups is 1. The third-order valence-corrected chi connectivity index (χ3v) is 15.3. The van der Waals surface area contributed by atoms with E-state index < -0.39 is 22.8 Å². The van der Waals surface area contributed by atoms with Gasteiger partial charge in [-0.2, -0.15) is 0 Å². The number of nitrogens with one attached hydrogen (secondary N) is 2. The van der Waals surface area contributed by atoms with E-state index in [4.69, 9.17) is 14.5 Å². The highest BCUT2D eigenvalue weighted by Gasteiger charge is 2.51. The fourth-order valence-corrected chi connectivity index (χ4v) is 11.1. The van der Waals surface area contributed by atoms with Gasteiger partial charge in [-0.25, -0.2) is 14.6 Å². The molecule has 2 N–H and O–H groups in total. The summed E-state index contributed by atoms with van der Waals surface area (Å²) in [7, 11) is 1.85. The summed E-state index contributed by atoms with van der Waals surface area (Å²) in [6, 6.07) is 0. The van der Waals surface area contributed by atoms with Crippen molar-refractivity contribution in [2.75, 3.05) is 5.32 Å². The maximum atomic E-state index is 15.4. The van der Waals surface area contributed by atoms with Crippen molar-refractivity contribution in [1.29, 1.82) is 0 Å². The lowest BCUT2D eigenvalue weighted by Gasteiger charge is -2.50. The highest BCUT2D eigenvalue weighted by atomic mass is 16.5. The molecule has 1 aromatic rings. The van der Waals surface area contributed by atoms with E-state index in [-0.39, 0.29) is 92.6 Å². The van der Waals surface area contributed by atoms with E-state index >= 15 is 9.59 Å². The predicted octanol–water partition coefficient (Wildman–Crippen LogP) is 13.9. The van der Waals surface area contributed by atoms with Crippen molar-refractivity contribution < 1.29 is 28.7 Å². The second-order valence-electron chi connectivity index (χ2n) is 28.4. The van der Waals surface area contributed by atoms with Crippen molar-refractivity contribution >= 4 is 41.5 Å². The Morgan fingerprint density at radius 2 is 0.956 bits per heavy atom. The van der Waals surface area contributed by atoms with Gasteiger partial charge < -0.3 is 24.7 Å². The quantitative estimate of drug-likeness (QED) is 0.250. The molecular formula is C58H96N4O6. The average Bonchev–Trinajstić information content (AvgIpc) is 3.64. The number of aromatic nitrogens is 1. The zero-order chi connectivity index (χ0) is 52.4. The molecule has 2 aliphatic carbocycles. The first kappa shape index (κ1) is 56.9. The van der Waals surface area contributed by atoms with Crippen LogP contribution < -0.4 is 10.6 Å². The van der Waals surface area contributed by atoms with Gasteiger partial charge in [0.15, 0.2) is 0 Å². The van der Waals surface area contributed by atoms with Gasteiger partial charge in [0, 0.05) is 47.2 Å². The van der Waals surface area contributed by atoms with Crippen molar-refractivity contribution in [2.45, 2.75) is 210 Å². The predicted molar refractivity (Wildman–Crippen MR) is 280 cm³/mol. The molecule has 2 fully saturated rings. The Morgan fingerprint density at radius 3 is 1.29 bits per heavy atom. The average molecular weight is 945 g/mol. The van der Waals surface area contributed by atoms with Crippen LogP contribution in [0.3, 0.4) is 0 Å². The van der Waals surface area contributed by atoms with Crippen LogP contribution in [0.2, 0.25) is 0 Å². The van der Waals surface area contributed by atoms with E-state index in [0.29, 0.717) is 45.7 Å². The first-order valence-corrected chi connectivity index (χ1v) is 25.9. The van der Waals surface area contributed by atoms with Gasteiger partial charge in [-0.3, -0.25) is 9.59 Å². The number of carbonyl (C=O) groups excluding carboxylic acids is 4. The summed E-state index contributed by atoms with van der Waals surface area (Å²) < 4.78 is 15.6. The van der Waals surface area contributed by atoms with Gasteiger partial charge in [0.2, 0.25) is 11.8 Å². The Kier molecular flexibility index (Phi) is 16.6. The van der Waals surface area contributed by atoms with E-state index in [0.717, 1.165) is 25.7 Å². The summed E-state index contributed by atoms with van der Waals surface area (Å²) in [5, 5.41) is 6.24. The van der Waals surface area contributed by atoms with Crippen LogP contribution >= 0.6 is 0 Å². The molecule has 2 heterocycles. The molecule has 0 bridgehead atoms. The van der Waals surface area contributed by atoms with E-state index in [2.05, 4.69) is 108 Å². The van der Waals surface area contributed by atoms with Crippen LogP contribution in [0.15, 0.2) is 21.8 Å². The summed E-state index contributed by atoms with van der Waals surface area (Å²) >= 11 is 0. The molecule has 4 rings (SSSR count). The van der Waals surface area contributed by atoms with Crippen molar-refractivity contribution in [1.82, 2.24) is 9.88 Å². The molecule has 10 nitrogen and oxygen atoms in total. The molecule has 0 spiro atoms. The molecule has 4 unspecified atom stereocenters. The number of carbonyl (C=O) groups is 4. The lowest BCUT2D eigenvalue weighted by atomic mass is 9.59. The minimum atomic E-state index is -0.789. The summed E-state index contributed by atoms with van der Waals surface area (Å²) in [4.78, 5) is 63.6. The van der Waals surface area contributed by atoms with Crippen molar-refractivity contribution in [3.63, 3.8) is 0 Å². The summed E-state index contributed by atoms with van der Waals surface area (Å²) in [6.45, 7) is 50.6. The van der Waals surface area contributed by atoms with E-state index in [9.17, 15) is 9.59 Å². The number of allylic oxidation sites excluding steroid dienone is 1. The lowest BCUT2D eigenvalue weighted by molar-refractivity contribution is -0.164. The molecule has 2 amide bonds. The fourth-order valence-electron chi connectivity index (χ4n) is 11.1. The zero-order valence-corrected chi connectivity index (χ0v) is 47.5. The molecule has 10 heteroatoms. The summed E-state index contributed by atoms with van der Waals surface area (Å²) in [6.07, 6.45) is 4.96. The first-order valence-electron chi connectivity index (χ1n) is 25.9. The largest absolute Gasteiger partial charge is 0.458 e. The Balaban J connectivity index is 2.06. The Labute approximate surface area is 413 Å². The number of hydrogen-bond acceptors (Lipinski definition) is 7. The van der Waals surface area contributed by atoms with E-state index in [1.165, 1.54) is 0 Å². The molecule has 1 aliphatic heterocycles. The van der Waals surface area contributed by atoms with Gasteiger partial charge in [-0.15, -0.1) is 0 Å². The van der Waals surface area contributed by atoms with E-state index in [1.807, 2.05) is 86.9 Å². The number of anilines is 1. The molecule has 3 aliphatic rings. The molecule has 0 radical (unpaired) electrons. The van der Waals surface area contributed by atoms with Crippen molar-refractivity contribution in [2.24, 2.45) is 86.0 Å². The van der Waals surface area contributed by atoms with Crippen LogP contribution in [0, 0.1) is 73.9 Å². The molecule has 1 aromatic heterocycles. The molecule has 0 aromatic carbocycles. The minimum Gasteiger partial charge on any atom is -0.458 e. The van der Waals surface area contributed by atoms with Crippen LogP contribution in [-0.2, 0) is 30.9 Å². The Bertz CT molecular complexity index is 2110. The smallest absolute Gasteiger partial charge is 0.342 e. The van der Waals surface area contributed by atoms with Crippen LogP contribution in [-0.4, -0.2) is 46.4 Å². The SMILES string of the molecule is CC1CC(C(C)(C)C)C(OC(=O)C2=C(C(C)C)/C(=C/c3c(C(C)C)c(C(=O)OC4C(C(C)(C)C)CC(C)CC4C(C)(C)C)c(NC(=O)C(C)(C)C)n3C)N=C2NC(=O)C(C)(C)C)C(C(C)(C)C)C1. The maximum Gasteiger partial charge on any atom is 0.342 e. The normalized spacial score (nSPS) is 26.3. The van der Waals surface area contributed by atoms with Crippen molar-refractivity contribution in [3.05, 3.63) is 33.7 Å². The molecule has 68 heavy (non-hydrogen) atoms. The molecule has 384 valence electrons. The van der Waals surface area contributed by atoms with Crippen LogP contribution in [0.4, 0.5) is 5.82 Å². The monoisotopic (exact) mass is 945 g/mol. The number of nitrogens with zero attached hydrogens (tertiary/aromatic N) is 2. The lowest BCUT2D eigenvalue weighted by Crippen LogP contribution is -2.50. The van der Waals surface area contributed by atoms with Crippen LogP contribution in [0.5, 0.6) is 0 Å². The minimum absolute atomic E-state index is 0.106. The van der Waals surface area contributed by atoms with Gasteiger partial charge in [0.05, 0.1) is 5.70 Å². The highest BCUT2D eigenvalue weighted by Crippen LogP contribution is 2.52. The number of hydrogen-bond donors (Lipinski definition) is 2. The third kappa shape index (κ3) is 12.6. The van der Waals surface area contributed by atoms with Gasteiger partial charge >= 0.3 is 11.9 Å². The fraction of sp³-hybridized carbons (Fsp3) is 0.776. The molecule has 0 saturated heterocycles. The number of amidine groups is 1. The number of rotatable bonds is 8. The second-order valence-corrected chi connectivity index (χ2v) is 28.4. The van der Waals surface area contributed by atoms with E-state index in [1.54, 1.807) is 0 Å². The van der Waals surface area contributed by atoms with Gasteiger partial charge in [0.1, 0.15) is 35.0 Å². The number of amides is 2. The molecular weight excluding hydrogens is 849 g/mol. The van der Waals surface area contributed by atoms with Gasteiger partial charge in [-0.05, 0) is 88.2 Å².